The van der Waals surface area contributed by atoms with Crippen LogP contribution in [0, 0.1) is 17.3 Å². The smallest absolute Gasteiger partial charge is 0.338 e. The Labute approximate surface area is 271 Å². The van der Waals surface area contributed by atoms with E-state index in [1.807, 2.05) is 13.8 Å². The van der Waals surface area contributed by atoms with E-state index in [0.29, 0.717) is 0 Å². The van der Waals surface area contributed by atoms with Gasteiger partial charge in [-0.2, -0.15) is 0 Å². The molecule has 1 saturated carbocycles. The lowest BCUT2D eigenvalue weighted by Gasteiger charge is -2.42. The predicted molar refractivity (Wildman–Crippen MR) is 161 cm³/mol. The Bertz CT molecular complexity index is 1030. The Morgan fingerprint density at radius 3 is 1.91 bits per heavy atom. The summed E-state index contributed by atoms with van der Waals surface area (Å²) in [7, 11) is 1.16. The molecule has 0 aromatic heterocycles. The van der Waals surface area contributed by atoms with Gasteiger partial charge in [0.2, 0.25) is 0 Å². The lowest BCUT2D eigenvalue weighted by molar-refractivity contribution is -0.310. The molecule has 3 aliphatic rings. The maximum absolute atomic E-state index is 13.3. The van der Waals surface area contributed by atoms with E-state index in [0.717, 1.165) is 7.11 Å². The third kappa shape index (κ3) is 9.46. The van der Waals surface area contributed by atoms with E-state index in [4.69, 9.17) is 37.9 Å². The van der Waals surface area contributed by atoms with E-state index in [-0.39, 0.29) is 55.7 Å². The van der Waals surface area contributed by atoms with Crippen molar-refractivity contribution >= 4 is 11.9 Å². The van der Waals surface area contributed by atoms with E-state index >= 15 is 0 Å². The largest absolute Gasteiger partial charge is 0.467 e. The Kier molecular flexibility index (Phi) is 14.0. The van der Waals surface area contributed by atoms with Gasteiger partial charge in [0, 0.05) is 12.5 Å². The second-order valence-corrected chi connectivity index (χ2v) is 13.6. The summed E-state index contributed by atoms with van der Waals surface area (Å²) in [5, 5.41) is 42.8. The number of carbonyl (C=O) groups excluding carboxylic acids is 2. The molecule has 3 fully saturated rings. The van der Waals surface area contributed by atoms with Crippen LogP contribution in [0.15, 0.2) is 11.6 Å². The number of carbonyl (C=O) groups is 2. The normalized spacial score (nSPS) is 37.2. The molecule has 266 valence electrons. The minimum Gasteiger partial charge on any atom is -0.467 e. The maximum atomic E-state index is 13.3. The van der Waals surface area contributed by atoms with Crippen LogP contribution >= 0.6 is 0 Å². The van der Waals surface area contributed by atoms with Crippen LogP contribution in [0.3, 0.4) is 0 Å². The van der Waals surface area contributed by atoms with Crippen molar-refractivity contribution in [1.82, 2.24) is 0 Å². The SMILES string of the molecule is COC(=O)C1O[C@@H](OCCCO[C@@H]2C(C(=O)OCC3C(C=C(C)C)C3(C)C)O[C@@H](OC(C)C)[C@@H](O)[C@H]2O)[C@@H](O)[C@@H](O)[C@@H]1OC(C)C. The van der Waals surface area contributed by atoms with Crippen LogP contribution in [0.1, 0.15) is 61.8 Å². The van der Waals surface area contributed by atoms with Gasteiger partial charge in [-0.3, -0.25) is 0 Å². The van der Waals surface area contributed by atoms with Gasteiger partial charge in [-0.05, 0) is 59.3 Å². The van der Waals surface area contributed by atoms with Crippen LogP contribution < -0.4 is 0 Å². The third-order valence-electron chi connectivity index (χ3n) is 8.53. The van der Waals surface area contributed by atoms with Crippen LogP contribution in [-0.2, 0) is 47.5 Å². The summed E-state index contributed by atoms with van der Waals surface area (Å²) in [5.41, 5.74) is 1.14. The lowest BCUT2D eigenvalue weighted by atomic mass is 9.98. The van der Waals surface area contributed by atoms with Crippen molar-refractivity contribution in [3.63, 3.8) is 0 Å². The first-order valence-corrected chi connectivity index (χ1v) is 16.0. The molecular weight excluding hydrogens is 608 g/mol. The highest BCUT2D eigenvalue weighted by atomic mass is 16.7. The molecule has 2 saturated heterocycles. The zero-order valence-electron chi connectivity index (χ0n) is 28.4. The van der Waals surface area contributed by atoms with Gasteiger partial charge in [0.15, 0.2) is 24.8 Å². The Hall–Kier alpha value is -1.72. The van der Waals surface area contributed by atoms with Crippen molar-refractivity contribution in [3.8, 4) is 0 Å². The van der Waals surface area contributed by atoms with Gasteiger partial charge in [0.25, 0.3) is 0 Å². The second kappa shape index (κ2) is 16.6. The number of methoxy groups -OCH3 is 1. The molecule has 3 rings (SSSR count). The van der Waals surface area contributed by atoms with Gasteiger partial charge in [-0.25, -0.2) is 9.59 Å². The van der Waals surface area contributed by atoms with E-state index in [1.165, 1.54) is 5.57 Å². The van der Waals surface area contributed by atoms with Crippen LogP contribution in [0.5, 0.6) is 0 Å². The minimum atomic E-state index is -1.54. The molecule has 2 heterocycles. The highest BCUT2D eigenvalue weighted by Crippen LogP contribution is 2.59. The zero-order chi connectivity index (χ0) is 34.5. The number of hydrogen-bond donors (Lipinski definition) is 4. The first-order valence-electron chi connectivity index (χ1n) is 16.0. The first kappa shape index (κ1) is 38.7. The average molecular weight is 663 g/mol. The van der Waals surface area contributed by atoms with Crippen LogP contribution in [0.25, 0.3) is 0 Å². The summed E-state index contributed by atoms with van der Waals surface area (Å²) < 4.78 is 44.5. The summed E-state index contributed by atoms with van der Waals surface area (Å²) in [6.45, 7) is 15.2. The van der Waals surface area contributed by atoms with Crippen LogP contribution in [0.2, 0.25) is 0 Å². The monoisotopic (exact) mass is 662 g/mol. The Balaban J connectivity index is 1.60. The number of hydrogen-bond acceptors (Lipinski definition) is 14. The standard InChI is InChI=1S/C32H54O14/c1-15(2)13-18-19(32(18,7)8)14-42-29(38)26-24(20(33)23(36)31(46-26)44-17(5)6)40-11-10-12-41-30-22(35)21(34)25(43-16(3)4)27(45-30)28(37)39-9/h13,16-27,30-31,33-36H,10-12,14H2,1-9H3/t18?,19?,20-,21-,22+,23+,24+,25+,26?,27?,30-,31-/m1/s1. The van der Waals surface area contributed by atoms with Crippen molar-refractivity contribution in [2.45, 2.75) is 135 Å². The molecule has 0 aromatic rings. The van der Waals surface area contributed by atoms with Crippen LogP contribution in [0.4, 0.5) is 0 Å². The minimum absolute atomic E-state index is 0.0369. The Morgan fingerprint density at radius 2 is 1.33 bits per heavy atom. The quantitative estimate of drug-likeness (QED) is 0.110. The molecule has 12 atom stereocenters. The molecule has 0 amide bonds. The van der Waals surface area contributed by atoms with Gasteiger partial charge in [0.1, 0.15) is 36.6 Å². The van der Waals surface area contributed by atoms with Gasteiger partial charge in [-0.15, -0.1) is 0 Å². The molecule has 14 heteroatoms. The van der Waals surface area contributed by atoms with Gasteiger partial charge >= 0.3 is 11.9 Å². The number of allylic oxidation sites excluding steroid dienone is 2. The summed E-state index contributed by atoms with van der Waals surface area (Å²) in [6.07, 6.45) is -12.3. The number of ether oxygens (including phenoxy) is 8. The fraction of sp³-hybridized carbons (Fsp3) is 0.875. The third-order valence-corrected chi connectivity index (χ3v) is 8.53. The molecule has 2 aliphatic heterocycles. The molecular formula is C32H54O14. The van der Waals surface area contributed by atoms with E-state index in [9.17, 15) is 30.0 Å². The summed E-state index contributed by atoms with van der Waals surface area (Å²) >= 11 is 0. The van der Waals surface area contributed by atoms with E-state index in [1.54, 1.807) is 27.7 Å². The molecule has 0 aromatic carbocycles. The fourth-order valence-corrected chi connectivity index (χ4v) is 5.87. The summed E-state index contributed by atoms with van der Waals surface area (Å²) in [6, 6.07) is 0. The molecule has 4 N–H and O–H groups in total. The molecule has 14 nitrogen and oxygen atoms in total. The maximum Gasteiger partial charge on any atom is 0.338 e. The molecule has 0 bridgehead atoms. The highest BCUT2D eigenvalue weighted by Gasteiger charge is 2.57. The average Bonchev–Trinajstić information content (AvgIpc) is 3.49. The van der Waals surface area contributed by atoms with E-state index in [2.05, 4.69) is 19.9 Å². The lowest BCUT2D eigenvalue weighted by Crippen LogP contribution is -2.62. The number of aliphatic hydroxyl groups is 4. The number of aliphatic hydroxyl groups excluding tert-OH is 4. The van der Waals surface area contributed by atoms with E-state index < -0.39 is 73.4 Å². The zero-order valence-corrected chi connectivity index (χ0v) is 28.4. The fourth-order valence-electron chi connectivity index (χ4n) is 5.87. The first-order chi connectivity index (χ1) is 21.5. The van der Waals surface area contributed by atoms with Gasteiger partial charge in [0.05, 0.1) is 32.5 Å². The molecule has 1 aliphatic carbocycles. The van der Waals surface area contributed by atoms with Gasteiger partial charge < -0.3 is 58.3 Å². The summed E-state index contributed by atoms with van der Waals surface area (Å²) in [4.78, 5) is 25.6. The van der Waals surface area contributed by atoms with Crippen LogP contribution in [-0.4, -0.2) is 133 Å². The summed E-state index contributed by atoms with van der Waals surface area (Å²) in [5.74, 6) is -1.17. The van der Waals surface area contributed by atoms with Crippen molar-refractivity contribution < 1.29 is 67.9 Å². The number of esters is 2. The van der Waals surface area contributed by atoms with Gasteiger partial charge in [-0.1, -0.05) is 25.5 Å². The molecule has 46 heavy (non-hydrogen) atoms. The van der Waals surface area contributed by atoms with Crippen molar-refractivity contribution in [2.24, 2.45) is 17.3 Å². The van der Waals surface area contributed by atoms with Crippen molar-refractivity contribution in [1.29, 1.82) is 0 Å². The molecule has 0 radical (unpaired) electrons. The topological polar surface area (TPSA) is 189 Å². The number of rotatable bonds is 15. The second-order valence-electron chi connectivity index (χ2n) is 13.6. The Morgan fingerprint density at radius 1 is 0.783 bits per heavy atom. The van der Waals surface area contributed by atoms with Crippen molar-refractivity contribution in [2.75, 3.05) is 26.9 Å². The predicted octanol–water partition coefficient (Wildman–Crippen LogP) is 0.845. The molecule has 0 spiro atoms. The van der Waals surface area contributed by atoms with Crippen molar-refractivity contribution in [3.05, 3.63) is 11.6 Å². The highest BCUT2D eigenvalue weighted by molar-refractivity contribution is 5.76. The molecule has 4 unspecified atom stereocenters.